The monoisotopic (exact) mass is 526 g/mol. The second-order valence-corrected chi connectivity index (χ2v) is 9.69. The fourth-order valence-corrected chi connectivity index (χ4v) is 4.33. The van der Waals surface area contributed by atoms with Gasteiger partial charge in [0.15, 0.2) is 0 Å². The number of carbonyl (C=O) groups is 1. The molecule has 0 spiro atoms. The van der Waals surface area contributed by atoms with E-state index in [2.05, 4.69) is 34.4 Å². The summed E-state index contributed by atoms with van der Waals surface area (Å²) in [6.45, 7) is 5.03. The van der Waals surface area contributed by atoms with Gasteiger partial charge in [0.25, 0.3) is 5.91 Å². The van der Waals surface area contributed by atoms with Gasteiger partial charge < -0.3 is 19.8 Å². The van der Waals surface area contributed by atoms with Gasteiger partial charge in [0, 0.05) is 33.9 Å². The topological polar surface area (TPSA) is 89.3 Å². The summed E-state index contributed by atoms with van der Waals surface area (Å²) in [6, 6.07) is 22.1. The van der Waals surface area contributed by atoms with Crippen LogP contribution in [0.3, 0.4) is 0 Å². The van der Waals surface area contributed by atoms with E-state index in [4.69, 9.17) is 20.8 Å². The number of rotatable bonds is 8. The lowest BCUT2D eigenvalue weighted by Crippen LogP contribution is -2.11. The highest BCUT2D eigenvalue weighted by Crippen LogP contribution is 2.43. The summed E-state index contributed by atoms with van der Waals surface area (Å²) in [7, 11) is 1.59. The molecular weight excluding hydrogens is 500 g/mol. The van der Waals surface area contributed by atoms with Crippen LogP contribution in [0.5, 0.6) is 5.75 Å². The highest BCUT2D eigenvalue weighted by Gasteiger charge is 2.22. The van der Waals surface area contributed by atoms with Crippen LogP contribution in [-0.4, -0.2) is 29.5 Å². The van der Waals surface area contributed by atoms with Gasteiger partial charge in [-0.3, -0.25) is 4.79 Å². The first kappa shape index (κ1) is 25.3. The molecule has 3 aromatic carbocycles. The van der Waals surface area contributed by atoms with Crippen molar-refractivity contribution < 1.29 is 13.9 Å². The third-order valence-electron chi connectivity index (χ3n) is 6.04. The first-order valence-corrected chi connectivity index (χ1v) is 12.6. The maximum atomic E-state index is 12.7. The van der Waals surface area contributed by atoms with Crippen LogP contribution in [0.4, 0.5) is 11.5 Å². The standard InChI is InChI=1S/C30H27ClN4O3/c1-18(2)16-32-28-26-25(21-5-4-6-22(31)15-21)27(38-30(26)34-17-33-28)19-7-11-23(12-8-19)35-29(36)20-9-13-24(37-3)14-10-20/h4-15,17-18H,16H2,1-3H3,(H,35,36)(H,32,33,34). The molecule has 0 atom stereocenters. The van der Waals surface area contributed by atoms with Crippen LogP contribution in [0.2, 0.25) is 5.02 Å². The predicted molar refractivity (Wildman–Crippen MR) is 152 cm³/mol. The molecule has 192 valence electrons. The Morgan fingerprint density at radius 1 is 1.00 bits per heavy atom. The summed E-state index contributed by atoms with van der Waals surface area (Å²) in [4.78, 5) is 21.6. The number of anilines is 2. The number of fused-ring (bicyclic) bond motifs is 1. The van der Waals surface area contributed by atoms with E-state index in [-0.39, 0.29) is 5.91 Å². The number of halogens is 1. The molecule has 2 heterocycles. The third-order valence-corrected chi connectivity index (χ3v) is 6.27. The van der Waals surface area contributed by atoms with Gasteiger partial charge in [-0.05, 0) is 72.1 Å². The van der Waals surface area contributed by atoms with Crippen LogP contribution in [0.25, 0.3) is 33.6 Å². The summed E-state index contributed by atoms with van der Waals surface area (Å²) in [6.07, 6.45) is 1.50. The molecule has 2 aromatic heterocycles. The van der Waals surface area contributed by atoms with Gasteiger partial charge in [-0.15, -0.1) is 0 Å². The molecule has 1 amide bonds. The molecular formula is C30H27ClN4O3. The molecule has 5 aromatic rings. The van der Waals surface area contributed by atoms with Crippen molar-refractivity contribution in [3.05, 3.63) is 89.7 Å². The van der Waals surface area contributed by atoms with Gasteiger partial charge in [0.05, 0.1) is 12.5 Å². The second kappa shape index (κ2) is 10.9. The number of hydrogen-bond acceptors (Lipinski definition) is 6. The number of nitrogens with one attached hydrogen (secondary N) is 2. The smallest absolute Gasteiger partial charge is 0.255 e. The summed E-state index contributed by atoms with van der Waals surface area (Å²) >= 11 is 6.37. The average molecular weight is 527 g/mol. The van der Waals surface area contributed by atoms with Crippen molar-refractivity contribution in [2.45, 2.75) is 13.8 Å². The zero-order valence-corrected chi connectivity index (χ0v) is 22.0. The highest BCUT2D eigenvalue weighted by molar-refractivity contribution is 6.31. The van der Waals surface area contributed by atoms with E-state index >= 15 is 0 Å². The minimum Gasteiger partial charge on any atom is -0.497 e. The van der Waals surface area contributed by atoms with Crippen molar-refractivity contribution in [2.75, 3.05) is 24.3 Å². The SMILES string of the molecule is COc1ccc(C(=O)Nc2ccc(-c3oc4ncnc(NCC(C)C)c4c3-c3cccc(Cl)c3)cc2)cc1. The van der Waals surface area contributed by atoms with Crippen molar-refractivity contribution in [1.29, 1.82) is 0 Å². The Balaban J connectivity index is 1.52. The number of benzene rings is 3. The average Bonchev–Trinajstić information content (AvgIpc) is 3.32. The molecule has 0 aliphatic rings. The Kier molecular flexibility index (Phi) is 7.29. The largest absolute Gasteiger partial charge is 0.497 e. The Labute approximate surface area is 225 Å². The molecule has 0 saturated heterocycles. The number of amides is 1. The van der Waals surface area contributed by atoms with Gasteiger partial charge >= 0.3 is 0 Å². The molecule has 2 N–H and O–H groups in total. The van der Waals surface area contributed by atoms with E-state index in [9.17, 15) is 4.79 Å². The lowest BCUT2D eigenvalue weighted by Gasteiger charge is -2.10. The summed E-state index contributed by atoms with van der Waals surface area (Å²) in [5.41, 5.74) is 4.25. The van der Waals surface area contributed by atoms with Gasteiger partial charge in [-0.1, -0.05) is 37.6 Å². The number of carbonyl (C=O) groups excluding carboxylic acids is 1. The van der Waals surface area contributed by atoms with Crippen LogP contribution in [0, 0.1) is 5.92 Å². The van der Waals surface area contributed by atoms with E-state index in [1.54, 1.807) is 31.4 Å². The Morgan fingerprint density at radius 2 is 1.76 bits per heavy atom. The second-order valence-electron chi connectivity index (χ2n) is 9.25. The zero-order chi connectivity index (χ0) is 26.6. The quantitative estimate of drug-likeness (QED) is 0.217. The highest BCUT2D eigenvalue weighted by atomic mass is 35.5. The summed E-state index contributed by atoms with van der Waals surface area (Å²) < 4.78 is 11.5. The molecule has 0 unspecified atom stereocenters. The maximum Gasteiger partial charge on any atom is 0.255 e. The predicted octanol–water partition coefficient (Wildman–Crippen LogP) is 7.54. The Hall–Kier alpha value is -4.36. The molecule has 8 heteroatoms. The number of nitrogens with zero attached hydrogens (tertiary/aromatic N) is 2. The van der Waals surface area contributed by atoms with E-state index in [1.807, 2.05) is 48.5 Å². The van der Waals surface area contributed by atoms with E-state index in [0.29, 0.717) is 45.2 Å². The Bertz CT molecular complexity index is 1580. The van der Waals surface area contributed by atoms with E-state index in [0.717, 1.165) is 28.6 Å². The molecule has 0 bridgehead atoms. The van der Waals surface area contributed by atoms with Crippen LogP contribution in [0.1, 0.15) is 24.2 Å². The molecule has 0 aliphatic carbocycles. The fraction of sp³-hybridized carbons (Fsp3) is 0.167. The fourth-order valence-electron chi connectivity index (χ4n) is 4.14. The molecule has 0 saturated carbocycles. The van der Waals surface area contributed by atoms with Gasteiger partial charge in [-0.25, -0.2) is 9.97 Å². The molecule has 7 nitrogen and oxygen atoms in total. The number of furan rings is 1. The van der Waals surface area contributed by atoms with Crippen molar-refractivity contribution >= 4 is 40.1 Å². The van der Waals surface area contributed by atoms with Crippen molar-refractivity contribution in [1.82, 2.24) is 9.97 Å². The van der Waals surface area contributed by atoms with E-state index in [1.165, 1.54) is 6.33 Å². The van der Waals surface area contributed by atoms with Crippen LogP contribution >= 0.6 is 11.6 Å². The summed E-state index contributed by atoms with van der Waals surface area (Å²) in [5, 5.41) is 7.77. The number of aromatic nitrogens is 2. The van der Waals surface area contributed by atoms with Gasteiger partial charge in [0.1, 0.15) is 23.7 Å². The Morgan fingerprint density at radius 3 is 2.45 bits per heavy atom. The van der Waals surface area contributed by atoms with Crippen molar-refractivity contribution in [3.63, 3.8) is 0 Å². The van der Waals surface area contributed by atoms with Crippen LogP contribution in [-0.2, 0) is 0 Å². The maximum absolute atomic E-state index is 12.7. The first-order valence-electron chi connectivity index (χ1n) is 12.3. The van der Waals surface area contributed by atoms with Gasteiger partial charge in [-0.2, -0.15) is 0 Å². The minimum absolute atomic E-state index is 0.208. The van der Waals surface area contributed by atoms with Crippen molar-refractivity contribution in [3.8, 4) is 28.2 Å². The van der Waals surface area contributed by atoms with Crippen LogP contribution in [0.15, 0.2) is 83.5 Å². The zero-order valence-electron chi connectivity index (χ0n) is 21.3. The molecule has 5 rings (SSSR count). The molecule has 0 fully saturated rings. The first-order chi connectivity index (χ1) is 18.4. The normalized spacial score (nSPS) is 11.1. The lowest BCUT2D eigenvalue weighted by atomic mass is 9.99. The lowest BCUT2D eigenvalue weighted by molar-refractivity contribution is 0.102. The molecule has 0 aliphatic heterocycles. The minimum atomic E-state index is -0.208. The third kappa shape index (κ3) is 5.33. The van der Waals surface area contributed by atoms with Crippen LogP contribution < -0.4 is 15.4 Å². The van der Waals surface area contributed by atoms with Crippen molar-refractivity contribution in [2.24, 2.45) is 5.92 Å². The molecule has 38 heavy (non-hydrogen) atoms. The molecule has 0 radical (unpaired) electrons. The van der Waals surface area contributed by atoms with Gasteiger partial charge in [0.2, 0.25) is 5.71 Å². The number of ether oxygens (including phenoxy) is 1. The summed E-state index contributed by atoms with van der Waals surface area (Å²) in [5.74, 6) is 2.27. The number of methoxy groups -OCH3 is 1. The van der Waals surface area contributed by atoms with E-state index < -0.39 is 0 Å². The number of hydrogen-bond donors (Lipinski definition) is 2.